The second-order valence-corrected chi connectivity index (χ2v) is 8.01. The number of methoxy groups -OCH3 is 1. The first-order valence-corrected chi connectivity index (χ1v) is 10.3. The van der Waals surface area contributed by atoms with Gasteiger partial charge < -0.3 is 9.39 Å². The van der Waals surface area contributed by atoms with Crippen LogP contribution in [0.25, 0.3) is 10.9 Å². The number of benzene rings is 3. The molecule has 0 aliphatic rings. The molecule has 1 aromatic heterocycles. The summed E-state index contributed by atoms with van der Waals surface area (Å²) in [7, 11) is 1.64. The molecule has 1 heterocycles. The van der Waals surface area contributed by atoms with Crippen LogP contribution < -0.4 is 20.3 Å². The fourth-order valence-electron chi connectivity index (χ4n) is 3.34. The van der Waals surface area contributed by atoms with Crippen molar-refractivity contribution in [2.24, 2.45) is 0 Å². The van der Waals surface area contributed by atoms with Gasteiger partial charge in [0, 0.05) is 21.5 Å². The standard InChI is InChI=1S/C24H20BCl2NO2/c1-15-8-10-17(12-20(15)26)25(18-11-9-16(2)21(27)13-18)30-24-14-23(29-3)19-6-4-5-7-22(19)28-24/h4-14H,1-3H3. The highest BCUT2D eigenvalue weighted by Crippen LogP contribution is 2.28. The van der Waals surface area contributed by atoms with Crippen molar-refractivity contribution in [2.45, 2.75) is 13.8 Å². The molecule has 0 fully saturated rings. The highest BCUT2D eigenvalue weighted by molar-refractivity contribution is 6.80. The molecule has 3 nitrogen and oxygen atoms in total. The molecule has 3 aromatic carbocycles. The first-order valence-electron chi connectivity index (χ1n) is 9.59. The average Bonchev–Trinajstić information content (AvgIpc) is 2.75. The molecule has 6 heteroatoms. The Morgan fingerprint density at radius 1 is 0.800 bits per heavy atom. The fraction of sp³-hybridized carbons (Fsp3) is 0.125. The Kier molecular flexibility index (Phi) is 5.89. The van der Waals surface area contributed by atoms with E-state index in [0.717, 1.165) is 33.0 Å². The van der Waals surface area contributed by atoms with Crippen LogP contribution >= 0.6 is 23.2 Å². The van der Waals surface area contributed by atoms with Crippen LogP contribution in [0.15, 0.2) is 66.7 Å². The zero-order valence-corrected chi connectivity index (χ0v) is 18.5. The lowest BCUT2D eigenvalue weighted by atomic mass is 9.55. The number of hydrogen-bond acceptors (Lipinski definition) is 3. The largest absolute Gasteiger partial charge is 0.538 e. The van der Waals surface area contributed by atoms with Crippen LogP contribution in [-0.4, -0.2) is 19.0 Å². The van der Waals surface area contributed by atoms with Crippen molar-refractivity contribution in [1.29, 1.82) is 0 Å². The summed E-state index contributed by atoms with van der Waals surface area (Å²) < 4.78 is 12.0. The number of hydrogen-bond donors (Lipinski definition) is 0. The van der Waals surface area contributed by atoms with Crippen LogP contribution in [0.4, 0.5) is 0 Å². The third-order valence-corrected chi connectivity index (χ3v) is 5.92. The van der Waals surface area contributed by atoms with Crippen molar-refractivity contribution in [3.8, 4) is 11.6 Å². The Balaban J connectivity index is 1.82. The van der Waals surface area contributed by atoms with Crippen molar-refractivity contribution < 1.29 is 9.39 Å². The molecule has 0 radical (unpaired) electrons. The van der Waals surface area contributed by atoms with Gasteiger partial charge >= 0.3 is 6.92 Å². The first kappa shape index (κ1) is 20.6. The summed E-state index contributed by atoms with van der Waals surface area (Å²) in [6.07, 6.45) is 0. The zero-order valence-electron chi connectivity index (χ0n) is 16.9. The van der Waals surface area contributed by atoms with Crippen molar-refractivity contribution in [3.05, 3.63) is 87.9 Å². The van der Waals surface area contributed by atoms with Crippen LogP contribution in [0, 0.1) is 13.8 Å². The number of ether oxygens (including phenoxy) is 1. The lowest BCUT2D eigenvalue weighted by Gasteiger charge is -2.18. The molecule has 0 atom stereocenters. The molecule has 0 amide bonds. The summed E-state index contributed by atoms with van der Waals surface area (Å²) in [4.78, 5) is 4.69. The van der Waals surface area contributed by atoms with Crippen LogP contribution in [0.5, 0.6) is 11.6 Å². The number of nitrogens with zero attached hydrogens (tertiary/aromatic N) is 1. The van der Waals surface area contributed by atoms with Gasteiger partial charge in [-0.15, -0.1) is 0 Å². The van der Waals surface area contributed by atoms with Gasteiger partial charge in [-0.2, -0.15) is 0 Å². The normalized spacial score (nSPS) is 10.8. The van der Waals surface area contributed by atoms with Crippen molar-refractivity contribution >= 4 is 51.9 Å². The molecule has 30 heavy (non-hydrogen) atoms. The molecule has 150 valence electrons. The van der Waals surface area contributed by atoms with E-state index in [9.17, 15) is 0 Å². The minimum Gasteiger partial charge on any atom is -0.538 e. The Hall–Kier alpha value is -2.69. The number of aryl methyl sites for hydroxylation is 2. The maximum absolute atomic E-state index is 6.42. The number of rotatable bonds is 5. The maximum Gasteiger partial charge on any atom is 0.428 e. The number of aromatic nitrogens is 1. The SMILES string of the molecule is COc1cc(OB(c2ccc(C)c(Cl)c2)c2ccc(C)c(Cl)c2)nc2ccccc12. The maximum atomic E-state index is 6.42. The number of para-hydroxylation sites is 1. The third kappa shape index (κ3) is 4.11. The van der Waals surface area contributed by atoms with E-state index >= 15 is 0 Å². The van der Waals surface area contributed by atoms with E-state index in [1.54, 1.807) is 13.2 Å². The Morgan fingerprint density at radius 2 is 1.40 bits per heavy atom. The van der Waals surface area contributed by atoms with Gasteiger partial charge in [0.15, 0.2) is 5.88 Å². The average molecular weight is 436 g/mol. The van der Waals surface area contributed by atoms with Gasteiger partial charge in [0.25, 0.3) is 0 Å². The van der Waals surface area contributed by atoms with Crippen molar-refractivity contribution in [3.63, 3.8) is 0 Å². The summed E-state index contributed by atoms with van der Waals surface area (Å²) in [6, 6.07) is 21.5. The second kappa shape index (κ2) is 8.59. The van der Waals surface area contributed by atoms with Crippen LogP contribution in [0.2, 0.25) is 10.0 Å². The third-order valence-electron chi connectivity index (χ3n) is 5.11. The summed E-state index contributed by atoms with van der Waals surface area (Å²) in [5.41, 5.74) is 4.64. The van der Waals surface area contributed by atoms with E-state index in [-0.39, 0.29) is 0 Å². The Morgan fingerprint density at radius 3 is 1.97 bits per heavy atom. The van der Waals surface area contributed by atoms with Gasteiger partial charge in [0.1, 0.15) is 5.75 Å². The highest BCUT2D eigenvalue weighted by Gasteiger charge is 2.26. The summed E-state index contributed by atoms with van der Waals surface area (Å²) in [5, 5.41) is 2.30. The quantitative estimate of drug-likeness (QED) is 0.396. The molecule has 0 N–H and O–H groups in total. The zero-order chi connectivity index (χ0) is 21.3. The summed E-state index contributed by atoms with van der Waals surface area (Å²) >= 11 is 12.8. The molecule has 0 spiro atoms. The van der Waals surface area contributed by atoms with Crippen LogP contribution in [-0.2, 0) is 0 Å². The van der Waals surface area contributed by atoms with Gasteiger partial charge in [0.2, 0.25) is 0 Å². The van der Waals surface area contributed by atoms with E-state index in [1.807, 2.05) is 74.5 Å². The van der Waals surface area contributed by atoms with Crippen molar-refractivity contribution in [1.82, 2.24) is 4.98 Å². The smallest absolute Gasteiger partial charge is 0.428 e. The molecule has 0 saturated carbocycles. The minimum absolute atomic E-state index is 0.431. The molecule has 0 aliphatic heterocycles. The number of pyridine rings is 1. The predicted octanol–water partition coefficient (Wildman–Crippen LogP) is 5.35. The van der Waals surface area contributed by atoms with Gasteiger partial charge in [0.05, 0.1) is 12.6 Å². The van der Waals surface area contributed by atoms with Gasteiger partial charge in [-0.25, -0.2) is 4.98 Å². The van der Waals surface area contributed by atoms with Gasteiger partial charge in [-0.1, -0.05) is 59.6 Å². The highest BCUT2D eigenvalue weighted by atomic mass is 35.5. The van der Waals surface area contributed by atoms with E-state index in [0.29, 0.717) is 21.7 Å². The van der Waals surface area contributed by atoms with Crippen LogP contribution in [0.1, 0.15) is 11.1 Å². The molecule has 0 saturated heterocycles. The lowest BCUT2D eigenvalue weighted by Crippen LogP contribution is -2.47. The topological polar surface area (TPSA) is 31.4 Å². The second-order valence-electron chi connectivity index (χ2n) is 7.20. The van der Waals surface area contributed by atoms with Gasteiger partial charge in [-0.3, -0.25) is 0 Å². The Labute approximate surface area is 186 Å². The summed E-state index contributed by atoms with van der Waals surface area (Å²) in [6.45, 7) is 3.51. The Bertz CT molecular complexity index is 1180. The van der Waals surface area contributed by atoms with E-state index in [4.69, 9.17) is 32.6 Å². The fourth-order valence-corrected chi connectivity index (χ4v) is 3.72. The molecule has 0 bridgehead atoms. The number of halogens is 2. The van der Waals surface area contributed by atoms with Gasteiger partial charge in [-0.05, 0) is 60.2 Å². The number of fused-ring (bicyclic) bond motifs is 1. The monoisotopic (exact) mass is 435 g/mol. The molecule has 0 unspecified atom stereocenters. The van der Waals surface area contributed by atoms with E-state index in [1.165, 1.54) is 0 Å². The first-order chi connectivity index (χ1) is 14.5. The minimum atomic E-state index is -0.431. The molecular weight excluding hydrogens is 416 g/mol. The molecule has 4 aromatic rings. The summed E-state index contributed by atoms with van der Waals surface area (Å²) in [5.74, 6) is 1.17. The van der Waals surface area contributed by atoms with Crippen LogP contribution in [0.3, 0.4) is 0 Å². The lowest BCUT2D eigenvalue weighted by molar-refractivity contribution is 0.416. The molecular formula is C24H20BCl2NO2. The van der Waals surface area contributed by atoms with Crippen molar-refractivity contribution in [2.75, 3.05) is 7.11 Å². The molecule has 4 rings (SSSR count). The van der Waals surface area contributed by atoms with E-state index in [2.05, 4.69) is 4.98 Å². The van der Waals surface area contributed by atoms with E-state index < -0.39 is 6.92 Å². The molecule has 0 aliphatic carbocycles. The predicted molar refractivity (Wildman–Crippen MR) is 126 cm³/mol.